The third-order valence-electron chi connectivity index (χ3n) is 2.57. The molecule has 0 saturated carbocycles. The topological polar surface area (TPSA) is 64.1 Å². The number of aromatic nitrogens is 2. The van der Waals surface area contributed by atoms with E-state index in [9.17, 15) is 4.79 Å². The second-order valence-corrected chi connectivity index (χ2v) is 5.80. The highest BCUT2D eigenvalue weighted by atomic mass is 16.5. The van der Waals surface area contributed by atoms with Gasteiger partial charge in [-0.15, -0.1) is 5.10 Å². The number of hydrogen-bond acceptors (Lipinski definition) is 5. The number of nitrogens with zero attached hydrogens (tertiary/aromatic N) is 2. The summed E-state index contributed by atoms with van der Waals surface area (Å²) < 4.78 is 4.72. The van der Waals surface area contributed by atoms with Gasteiger partial charge in [0.05, 0.1) is 12.8 Å². The van der Waals surface area contributed by atoms with Gasteiger partial charge in [0.1, 0.15) is 11.4 Å². The fourth-order valence-corrected chi connectivity index (χ4v) is 1.43. The molecule has 0 amide bonds. The number of methoxy groups -OCH3 is 1. The summed E-state index contributed by atoms with van der Waals surface area (Å²) in [4.78, 5) is 11.5. The van der Waals surface area contributed by atoms with E-state index in [0.29, 0.717) is 5.82 Å². The van der Waals surface area contributed by atoms with Crippen LogP contribution in [0.2, 0.25) is 0 Å². The van der Waals surface area contributed by atoms with Crippen molar-refractivity contribution in [3.63, 3.8) is 0 Å². The summed E-state index contributed by atoms with van der Waals surface area (Å²) in [6.45, 7) is 9.68. The molecular formula is C13H21N3O2. The Morgan fingerprint density at radius 3 is 2.17 bits per heavy atom. The first-order valence-corrected chi connectivity index (χ1v) is 5.87. The van der Waals surface area contributed by atoms with Crippen LogP contribution in [0.5, 0.6) is 0 Å². The minimum Gasteiger partial charge on any atom is -0.467 e. The van der Waals surface area contributed by atoms with Crippen LogP contribution in [0, 0.1) is 0 Å². The van der Waals surface area contributed by atoms with E-state index in [1.54, 1.807) is 13.8 Å². The van der Waals surface area contributed by atoms with Gasteiger partial charge in [-0.25, -0.2) is 4.79 Å². The highest BCUT2D eigenvalue weighted by Gasteiger charge is 2.29. The van der Waals surface area contributed by atoms with Crippen molar-refractivity contribution in [2.75, 3.05) is 12.4 Å². The Balaban J connectivity index is 2.85. The van der Waals surface area contributed by atoms with Crippen molar-refractivity contribution in [1.82, 2.24) is 10.2 Å². The maximum atomic E-state index is 11.5. The second kappa shape index (κ2) is 4.92. The molecule has 1 aromatic rings. The summed E-state index contributed by atoms with van der Waals surface area (Å²) in [5.41, 5.74) is 0.0414. The molecule has 0 fully saturated rings. The third-order valence-corrected chi connectivity index (χ3v) is 2.57. The Kier molecular flexibility index (Phi) is 3.94. The molecule has 0 radical (unpaired) electrons. The lowest BCUT2D eigenvalue weighted by molar-refractivity contribution is -0.144. The van der Waals surface area contributed by atoms with Crippen molar-refractivity contribution < 1.29 is 9.53 Å². The van der Waals surface area contributed by atoms with Crippen LogP contribution in [0.3, 0.4) is 0 Å². The van der Waals surface area contributed by atoms with E-state index in [4.69, 9.17) is 4.74 Å². The average Bonchev–Trinajstić information content (AvgIpc) is 2.26. The minimum absolute atomic E-state index is 0.0383. The molecule has 0 unspecified atom stereocenters. The van der Waals surface area contributed by atoms with E-state index in [1.165, 1.54) is 7.11 Å². The number of anilines is 1. The zero-order valence-corrected chi connectivity index (χ0v) is 11.9. The molecule has 1 heterocycles. The van der Waals surface area contributed by atoms with Gasteiger partial charge >= 0.3 is 5.97 Å². The Morgan fingerprint density at radius 1 is 1.17 bits per heavy atom. The fourth-order valence-electron chi connectivity index (χ4n) is 1.43. The molecule has 0 saturated heterocycles. The van der Waals surface area contributed by atoms with Crippen molar-refractivity contribution in [3.05, 3.63) is 17.8 Å². The van der Waals surface area contributed by atoms with Gasteiger partial charge in [-0.1, -0.05) is 20.8 Å². The zero-order valence-electron chi connectivity index (χ0n) is 11.9. The van der Waals surface area contributed by atoms with Gasteiger partial charge in [0.2, 0.25) is 0 Å². The van der Waals surface area contributed by atoms with Gasteiger partial charge in [0, 0.05) is 5.41 Å². The predicted octanol–water partition coefficient (Wildman–Crippen LogP) is 2.14. The van der Waals surface area contributed by atoms with E-state index in [2.05, 4.69) is 36.3 Å². The van der Waals surface area contributed by atoms with Gasteiger partial charge in [-0.05, 0) is 26.0 Å². The van der Waals surface area contributed by atoms with E-state index in [1.807, 2.05) is 12.1 Å². The number of carbonyl (C=O) groups excluding carboxylic acids is 1. The Labute approximate surface area is 108 Å². The molecular weight excluding hydrogens is 230 g/mol. The quantitative estimate of drug-likeness (QED) is 0.834. The highest BCUT2D eigenvalue weighted by Crippen LogP contribution is 2.20. The molecule has 0 spiro atoms. The summed E-state index contributed by atoms with van der Waals surface area (Å²) in [5, 5.41) is 11.2. The average molecular weight is 251 g/mol. The molecule has 0 aliphatic heterocycles. The number of ether oxygens (including phenoxy) is 1. The summed E-state index contributed by atoms with van der Waals surface area (Å²) in [5.74, 6) is 0.211. The van der Waals surface area contributed by atoms with Crippen molar-refractivity contribution in [2.24, 2.45) is 0 Å². The first-order chi connectivity index (χ1) is 8.16. The minimum atomic E-state index is -0.827. The van der Waals surface area contributed by atoms with Crippen LogP contribution in [0.1, 0.15) is 40.3 Å². The smallest absolute Gasteiger partial charge is 0.330 e. The normalized spacial score (nSPS) is 12.1. The second-order valence-electron chi connectivity index (χ2n) is 5.80. The molecule has 1 rings (SSSR count). The Morgan fingerprint density at radius 2 is 1.78 bits per heavy atom. The van der Waals surface area contributed by atoms with Crippen LogP contribution in [-0.2, 0) is 14.9 Å². The Bertz CT molecular complexity index is 419. The lowest BCUT2D eigenvalue weighted by Crippen LogP contribution is -2.41. The van der Waals surface area contributed by atoms with Crippen LogP contribution in [0.15, 0.2) is 12.1 Å². The summed E-state index contributed by atoms with van der Waals surface area (Å²) in [6, 6.07) is 3.72. The summed E-state index contributed by atoms with van der Waals surface area (Å²) in [6.07, 6.45) is 0. The Hall–Kier alpha value is -1.65. The lowest BCUT2D eigenvalue weighted by Gasteiger charge is -2.24. The van der Waals surface area contributed by atoms with Gasteiger partial charge in [-0.3, -0.25) is 0 Å². The molecule has 1 N–H and O–H groups in total. The molecule has 5 heteroatoms. The number of nitrogens with one attached hydrogen (secondary N) is 1. The van der Waals surface area contributed by atoms with E-state index >= 15 is 0 Å². The first kappa shape index (κ1) is 14.4. The molecule has 0 aliphatic carbocycles. The number of carbonyl (C=O) groups is 1. The summed E-state index contributed by atoms with van der Waals surface area (Å²) in [7, 11) is 1.36. The van der Waals surface area contributed by atoms with Crippen molar-refractivity contribution >= 4 is 11.8 Å². The predicted molar refractivity (Wildman–Crippen MR) is 70.4 cm³/mol. The largest absolute Gasteiger partial charge is 0.467 e. The van der Waals surface area contributed by atoms with Crippen LogP contribution in [-0.4, -0.2) is 28.8 Å². The molecule has 0 atom stereocenters. The molecule has 1 aromatic heterocycles. The molecule has 100 valence electrons. The fraction of sp³-hybridized carbons (Fsp3) is 0.615. The van der Waals surface area contributed by atoms with E-state index < -0.39 is 5.54 Å². The SMILES string of the molecule is COC(=O)C(C)(C)Nc1ccc(C(C)(C)C)nn1. The van der Waals surface area contributed by atoms with Crippen molar-refractivity contribution in [3.8, 4) is 0 Å². The zero-order chi connectivity index (χ0) is 14.0. The molecule has 0 bridgehead atoms. The standard InChI is InChI=1S/C13H21N3O2/c1-12(2,3)9-7-8-10(16-15-9)14-13(4,5)11(17)18-6/h7-8H,1-6H3,(H,14,16). The first-order valence-electron chi connectivity index (χ1n) is 5.87. The highest BCUT2D eigenvalue weighted by molar-refractivity contribution is 5.82. The van der Waals surface area contributed by atoms with Crippen LogP contribution < -0.4 is 5.32 Å². The van der Waals surface area contributed by atoms with Gasteiger partial charge in [0.15, 0.2) is 0 Å². The van der Waals surface area contributed by atoms with Crippen LogP contribution in [0.25, 0.3) is 0 Å². The maximum absolute atomic E-state index is 11.5. The molecule has 5 nitrogen and oxygen atoms in total. The molecule has 18 heavy (non-hydrogen) atoms. The third kappa shape index (κ3) is 3.42. The van der Waals surface area contributed by atoms with E-state index in [0.717, 1.165) is 5.69 Å². The molecule has 0 aliphatic rings. The van der Waals surface area contributed by atoms with E-state index in [-0.39, 0.29) is 11.4 Å². The van der Waals surface area contributed by atoms with Crippen molar-refractivity contribution in [2.45, 2.75) is 45.6 Å². The van der Waals surface area contributed by atoms with Crippen molar-refractivity contribution in [1.29, 1.82) is 0 Å². The monoisotopic (exact) mass is 251 g/mol. The maximum Gasteiger partial charge on any atom is 0.330 e. The number of rotatable bonds is 3. The van der Waals surface area contributed by atoms with Crippen LogP contribution in [0.4, 0.5) is 5.82 Å². The van der Waals surface area contributed by atoms with Gasteiger partial charge in [-0.2, -0.15) is 5.10 Å². The molecule has 0 aromatic carbocycles. The van der Waals surface area contributed by atoms with Crippen LogP contribution >= 0.6 is 0 Å². The number of hydrogen-bond donors (Lipinski definition) is 1. The lowest BCUT2D eigenvalue weighted by atomic mass is 9.92. The van der Waals surface area contributed by atoms with Gasteiger partial charge in [0.25, 0.3) is 0 Å². The summed E-state index contributed by atoms with van der Waals surface area (Å²) >= 11 is 0. The number of esters is 1. The van der Waals surface area contributed by atoms with Gasteiger partial charge < -0.3 is 10.1 Å².